The maximum Gasteiger partial charge on any atom is 0.287 e. The molecule has 0 fully saturated rings. The standard InChI is InChI=1S/C5H6BrF2N3OS/c6-3-10-11-4(13-3)9-1-5(7,8)2-12/h12H,1-2H2,(H,9,11). The molecule has 0 aliphatic carbocycles. The van der Waals surface area contributed by atoms with Crippen LogP contribution in [-0.4, -0.2) is 34.4 Å². The predicted octanol–water partition coefficient (Wildman–Crippen LogP) is 1.34. The summed E-state index contributed by atoms with van der Waals surface area (Å²) in [5, 5.41) is 18.0. The molecule has 1 rings (SSSR count). The van der Waals surface area contributed by atoms with Crippen molar-refractivity contribution in [2.45, 2.75) is 5.92 Å². The van der Waals surface area contributed by atoms with E-state index in [0.29, 0.717) is 9.05 Å². The van der Waals surface area contributed by atoms with Crippen LogP contribution in [0.3, 0.4) is 0 Å². The molecule has 0 aliphatic rings. The van der Waals surface area contributed by atoms with E-state index in [1.165, 1.54) is 0 Å². The summed E-state index contributed by atoms with van der Waals surface area (Å²) in [4.78, 5) is 0. The number of alkyl halides is 2. The van der Waals surface area contributed by atoms with Crippen LogP contribution in [0.15, 0.2) is 3.92 Å². The first kappa shape index (κ1) is 10.7. The maximum atomic E-state index is 12.5. The number of nitrogens with one attached hydrogen (secondary N) is 1. The molecular formula is C5H6BrF2N3OS. The Morgan fingerprint density at radius 2 is 2.23 bits per heavy atom. The summed E-state index contributed by atoms with van der Waals surface area (Å²) >= 11 is 4.14. The molecule has 0 radical (unpaired) electrons. The van der Waals surface area contributed by atoms with E-state index in [1.807, 2.05) is 0 Å². The lowest BCUT2D eigenvalue weighted by molar-refractivity contribution is -0.0372. The number of aromatic nitrogens is 2. The highest BCUT2D eigenvalue weighted by Gasteiger charge is 2.27. The first-order valence-electron chi connectivity index (χ1n) is 3.25. The Labute approximate surface area is 85.1 Å². The average Bonchev–Trinajstić information content (AvgIpc) is 2.48. The van der Waals surface area contributed by atoms with Gasteiger partial charge in [-0.1, -0.05) is 11.3 Å². The molecule has 0 atom stereocenters. The third kappa shape index (κ3) is 3.49. The fourth-order valence-electron chi connectivity index (χ4n) is 0.538. The van der Waals surface area contributed by atoms with Gasteiger partial charge >= 0.3 is 0 Å². The average molecular weight is 274 g/mol. The summed E-state index contributed by atoms with van der Waals surface area (Å²) in [6, 6.07) is 0. The molecule has 0 spiro atoms. The molecule has 0 aromatic carbocycles. The number of hydrogen-bond donors (Lipinski definition) is 2. The summed E-state index contributed by atoms with van der Waals surface area (Å²) in [6.45, 7) is -1.83. The SMILES string of the molecule is OCC(F)(F)CNc1nnc(Br)s1. The van der Waals surface area contributed by atoms with Gasteiger partial charge in [0.15, 0.2) is 3.92 Å². The third-order valence-corrected chi connectivity index (χ3v) is 2.44. The Bertz CT molecular complexity index is 282. The van der Waals surface area contributed by atoms with Gasteiger partial charge in [-0.3, -0.25) is 0 Å². The van der Waals surface area contributed by atoms with Gasteiger partial charge in [0, 0.05) is 0 Å². The van der Waals surface area contributed by atoms with E-state index < -0.39 is 19.1 Å². The first-order chi connectivity index (χ1) is 6.03. The second kappa shape index (κ2) is 4.25. The van der Waals surface area contributed by atoms with E-state index in [9.17, 15) is 8.78 Å². The lowest BCUT2D eigenvalue weighted by Gasteiger charge is -2.12. The van der Waals surface area contributed by atoms with Crippen molar-refractivity contribution >= 4 is 32.4 Å². The molecule has 0 bridgehead atoms. The quantitative estimate of drug-likeness (QED) is 0.870. The number of hydrogen-bond acceptors (Lipinski definition) is 5. The summed E-state index contributed by atoms with van der Waals surface area (Å²) in [5.41, 5.74) is 0. The lowest BCUT2D eigenvalue weighted by Crippen LogP contribution is -2.30. The molecule has 0 amide bonds. The van der Waals surface area contributed by atoms with Crippen LogP contribution in [-0.2, 0) is 0 Å². The second-order valence-corrected chi connectivity index (χ2v) is 4.48. The fourth-order valence-corrected chi connectivity index (χ4v) is 1.54. The zero-order valence-corrected chi connectivity index (χ0v) is 8.70. The van der Waals surface area contributed by atoms with Gasteiger partial charge in [0.1, 0.15) is 6.61 Å². The highest BCUT2D eigenvalue weighted by atomic mass is 79.9. The normalized spacial score (nSPS) is 11.7. The molecule has 0 saturated carbocycles. The Morgan fingerprint density at radius 1 is 1.54 bits per heavy atom. The zero-order chi connectivity index (χ0) is 9.90. The van der Waals surface area contributed by atoms with Gasteiger partial charge < -0.3 is 10.4 Å². The molecule has 1 aromatic heterocycles. The number of rotatable bonds is 4. The van der Waals surface area contributed by atoms with Crippen LogP contribution in [0.5, 0.6) is 0 Å². The molecule has 4 nitrogen and oxygen atoms in total. The van der Waals surface area contributed by atoms with Gasteiger partial charge in [0.25, 0.3) is 5.92 Å². The fraction of sp³-hybridized carbons (Fsp3) is 0.600. The Balaban J connectivity index is 2.43. The Hall–Kier alpha value is -0.340. The molecule has 74 valence electrons. The molecule has 2 N–H and O–H groups in total. The Morgan fingerprint density at radius 3 is 2.69 bits per heavy atom. The van der Waals surface area contributed by atoms with Crippen molar-refractivity contribution < 1.29 is 13.9 Å². The van der Waals surface area contributed by atoms with Gasteiger partial charge in [-0.15, -0.1) is 10.2 Å². The molecule has 1 heterocycles. The largest absolute Gasteiger partial charge is 0.390 e. The summed E-state index contributed by atoms with van der Waals surface area (Å²) < 4.78 is 25.5. The molecule has 0 aliphatic heterocycles. The van der Waals surface area contributed by atoms with Crippen molar-refractivity contribution in [2.75, 3.05) is 18.5 Å². The minimum absolute atomic E-state index is 0.292. The molecule has 13 heavy (non-hydrogen) atoms. The van der Waals surface area contributed by atoms with Crippen molar-refractivity contribution in [1.82, 2.24) is 10.2 Å². The van der Waals surface area contributed by atoms with Crippen LogP contribution in [0.1, 0.15) is 0 Å². The maximum absolute atomic E-state index is 12.5. The van der Waals surface area contributed by atoms with Crippen LogP contribution in [0, 0.1) is 0 Å². The van der Waals surface area contributed by atoms with Gasteiger partial charge in [-0.2, -0.15) is 0 Å². The van der Waals surface area contributed by atoms with Crippen LogP contribution >= 0.6 is 27.3 Å². The van der Waals surface area contributed by atoms with E-state index in [0.717, 1.165) is 11.3 Å². The van der Waals surface area contributed by atoms with Gasteiger partial charge in [-0.05, 0) is 15.9 Å². The van der Waals surface area contributed by atoms with Crippen LogP contribution in [0.25, 0.3) is 0 Å². The van der Waals surface area contributed by atoms with E-state index in [2.05, 4.69) is 31.4 Å². The van der Waals surface area contributed by atoms with Gasteiger partial charge in [0.2, 0.25) is 5.13 Å². The lowest BCUT2D eigenvalue weighted by atomic mass is 10.4. The van der Waals surface area contributed by atoms with Gasteiger partial charge in [0.05, 0.1) is 6.54 Å². The molecule has 0 saturated heterocycles. The third-order valence-electron chi connectivity index (χ3n) is 1.13. The van der Waals surface area contributed by atoms with Crippen molar-refractivity contribution in [3.63, 3.8) is 0 Å². The zero-order valence-electron chi connectivity index (χ0n) is 6.30. The van der Waals surface area contributed by atoms with Crippen LogP contribution in [0.4, 0.5) is 13.9 Å². The van der Waals surface area contributed by atoms with E-state index in [-0.39, 0.29) is 0 Å². The van der Waals surface area contributed by atoms with Crippen molar-refractivity contribution in [2.24, 2.45) is 0 Å². The van der Waals surface area contributed by atoms with E-state index >= 15 is 0 Å². The van der Waals surface area contributed by atoms with Crippen LogP contribution < -0.4 is 5.32 Å². The minimum atomic E-state index is -3.13. The number of nitrogens with zero attached hydrogens (tertiary/aromatic N) is 2. The number of halogens is 3. The first-order valence-corrected chi connectivity index (χ1v) is 4.86. The van der Waals surface area contributed by atoms with Crippen molar-refractivity contribution in [3.8, 4) is 0 Å². The number of aliphatic hydroxyl groups excluding tert-OH is 1. The summed E-state index contributed by atoms with van der Waals surface area (Å²) in [6.07, 6.45) is 0. The summed E-state index contributed by atoms with van der Waals surface area (Å²) in [7, 11) is 0. The molecule has 1 aromatic rings. The van der Waals surface area contributed by atoms with Crippen molar-refractivity contribution in [3.05, 3.63) is 3.92 Å². The predicted molar refractivity (Wildman–Crippen MR) is 48.1 cm³/mol. The molecule has 0 unspecified atom stereocenters. The molecular weight excluding hydrogens is 268 g/mol. The topological polar surface area (TPSA) is 58.0 Å². The van der Waals surface area contributed by atoms with Crippen molar-refractivity contribution in [1.29, 1.82) is 0 Å². The van der Waals surface area contributed by atoms with Crippen LogP contribution in [0.2, 0.25) is 0 Å². The number of aliphatic hydroxyl groups is 1. The van der Waals surface area contributed by atoms with E-state index in [1.54, 1.807) is 0 Å². The smallest absolute Gasteiger partial charge is 0.287 e. The highest BCUT2D eigenvalue weighted by molar-refractivity contribution is 9.11. The monoisotopic (exact) mass is 273 g/mol. The van der Waals surface area contributed by atoms with Gasteiger partial charge in [-0.25, -0.2) is 8.78 Å². The van der Waals surface area contributed by atoms with E-state index in [4.69, 9.17) is 5.11 Å². The molecule has 8 heteroatoms. The number of anilines is 1. The Kier molecular flexibility index (Phi) is 3.51. The second-order valence-electron chi connectivity index (χ2n) is 2.23. The highest BCUT2D eigenvalue weighted by Crippen LogP contribution is 2.21. The minimum Gasteiger partial charge on any atom is -0.390 e. The summed E-state index contributed by atoms with van der Waals surface area (Å²) in [5.74, 6) is -3.13.